The van der Waals surface area contributed by atoms with Crippen LogP contribution in [0.5, 0.6) is 0 Å². The van der Waals surface area contributed by atoms with Gasteiger partial charge in [0.1, 0.15) is 18.4 Å². The molecule has 35 heavy (non-hydrogen) atoms. The maximum Gasteiger partial charge on any atom is 0.304 e. The molecule has 2 aromatic rings. The van der Waals surface area contributed by atoms with Crippen LogP contribution in [0.25, 0.3) is 0 Å². The summed E-state index contributed by atoms with van der Waals surface area (Å²) >= 11 is 6.32. The molecule has 0 aliphatic carbocycles. The Morgan fingerprint density at radius 1 is 1.06 bits per heavy atom. The molecule has 0 bridgehead atoms. The van der Waals surface area contributed by atoms with Crippen LogP contribution in [0, 0.1) is 5.82 Å². The quantitative estimate of drug-likeness (QED) is 0.486. The van der Waals surface area contributed by atoms with Crippen molar-refractivity contribution in [3.8, 4) is 0 Å². The molecule has 0 fully saturated rings. The highest BCUT2D eigenvalue weighted by Crippen LogP contribution is 2.25. The maximum absolute atomic E-state index is 14.7. The second-order valence-corrected chi connectivity index (χ2v) is 10.9. The van der Waals surface area contributed by atoms with E-state index < -0.39 is 34.5 Å². The average Bonchev–Trinajstić information content (AvgIpc) is 2.78. The molecule has 2 aromatic carbocycles. The molecule has 0 aliphatic rings. The van der Waals surface area contributed by atoms with E-state index in [1.165, 1.54) is 37.2 Å². The van der Waals surface area contributed by atoms with Gasteiger partial charge in [-0.15, -0.1) is 0 Å². The Labute approximate surface area is 211 Å². The number of para-hydroxylation sites is 1. The molecular weight excluding hydrogens is 495 g/mol. The van der Waals surface area contributed by atoms with Gasteiger partial charge in [-0.1, -0.05) is 48.9 Å². The van der Waals surface area contributed by atoms with Gasteiger partial charge in [-0.2, -0.15) is 12.7 Å². The highest BCUT2D eigenvalue weighted by Gasteiger charge is 2.35. The summed E-state index contributed by atoms with van der Waals surface area (Å²) in [6.45, 7) is 4.61. The van der Waals surface area contributed by atoms with Crippen molar-refractivity contribution in [3.05, 3.63) is 64.9 Å². The van der Waals surface area contributed by atoms with E-state index in [4.69, 9.17) is 11.6 Å². The molecule has 0 unspecified atom stereocenters. The van der Waals surface area contributed by atoms with E-state index in [1.807, 2.05) is 0 Å². The lowest BCUT2D eigenvalue weighted by Crippen LogP contribution is -2.54. The van der Waals surface area contributed by atoms with Gasteiger partial charge in [0, 0.05) is 31.7 Å². The number of rotatable bonds is 11. The number of nitrogens with zero attached hydrogens (tertiary/aromatic N) is 3. The number of benzene rings is 2. The minimum absolute atomic E-state index is 0.0321. The van der Waals surface area contributed by atoms with E-state index in [0.29, 0.717) is 14.9 Å². The van der Waals surface area contributed by atoms with Crippen molar-refractivity contribution in [1.82, 2.24) is 14.5 Å². The molecule has 0 aromatic heterocycles. The third-order valence-electron chi connectivity index (χ3n) is 5.26. The largest absolute Gasteiger partial charge is 0.352 e. The third-order valence-corrected chi connectivity index (χ3v) is 7.43. The Balaban J connectivity index is 2.54. The maximum atomic E-state index is 14.7. The molecule has 1 atom stereocenters. The molecule has 0 heterocycles. The van der Waals surface area contributed by atoms with Crippen molar-refractivity contribution in [2.75, 3.05) is 24.9 Å². The summed E-state index contributed by atoms with van der Waals surface area (Å²) in [6, 6.07) is 11.1. The first-order chi connectivity index (χ1) is 16.4. The first-order valence-electron chi connectivity index (χ1n) is 11.2. The Hall–Kier alpha value is -2.69. The summed E-state index contributed by atoms with van der Waals surface area (Å²) in [6.07, 6.45) is 0.273. The topological polar surface area (TPSA) is 90.0 Å². The third kappa shape index (κ3) is 7.16. The molecule has 2 rings (SSSR count). The van der Waals surface area contributed by atoms with E-state index >= 15 is 0 Å². The minimum atomic E-state index is -4.24. The lowest BCUT2D eigenvalue weighted by atomic mass is 10.1. The zero-order valence-electron chi connectivity index (χ0n) is 20.5. The predicted molar refractivity (Wildman–Crippen MR) is 136 cm³/mol. The molecule has 0 saturated heterocycles. The summed E-state index contributed by atoms with van der Waals surface area (Å²) in [5.41, 5.74) is 0.318. The van der Waals surface area contributed by atoms with Gasteiger partial charge < -0.3 is 10.2 Å². The van der Waals surface area contributed by atoms with E-state index in [9.17, 15) is 22.4 Å². The molecule has 0 spiro atoms. The molecular formula is C24H32ClFN4O4S. The number of halogens is 2. The van der Waals surface area contributed by atoms with Gasteiger partial charge in [0.25, 0.3) is 0 Å². The zero-order valence-corrected chi connectivity index (χ0v) is 22.1. The van der Waals surface area contributed by atoms with Crippen LogP contribution in [0.1, 0.15) is 32.8 Å². The summed E-state index contributed by atoms with van der Waals surface area (Å²) in [5, 5.41) is 3.21. The average molecular weight is 527 g/mol. The fourth-order valence-corrected chi connectivity index (χ4v) is 4.73. The fourth-order valence-electron chi connectivity index (χ4n) is 3.47. The smallest absolute Gasteiger partial charge is 0.304 e. The number of carbonyl (C=O) groups excluding carboxylic acids is 2. The highest BCUT2D eigenvalue weighted by atomic mass is 35.5. The lowest BCUT2D eigenvalue weighted by Gasteiger charge is -2.34. The van der Waals surface area contributed by atoms with Crippen molar-refractivity contribution in [2.24, 2.45) is 0 Å². The molecule has 8 nitrogen and oxygen atoms in total. The molecule has 0 aliphatic heterocycles. The van der Waals surface area contributed by atoms with Crippen LogP contribution in [0.3, 0.4) is 0 Å². The number of amides is 2. The van der Waals surface area contributed by atoms with E-state index in [0.717, 1.165) is 10.4 Å². The second kappa shape index (κ2) is 12.3. The van der Waals surface area contributed by atoms with Crippen LogP contribution in [0.15, 0.2) is 48.5 Å². The molecule has 1 N–H and O–H groups in total. The lowest BCUT2D eigenvalue weighted by molar-refractivity contribution is -0.140. The molecule has 0 radical (unpaired) electrons. The van der Waals surface area contributed by atoms with E-state index in [1.54, 1.807) is 45.0 Å². The minimum Gasteiger partial charge on any atom is -0.352 e. The normalized spacial score (nSPS) is 12.5. The van der Waals surface area contributed by atoms with Crippen LogP contribution in [-0.2, 0) is 26.3 Å². The van der Waals surface area contributed by atoms with Crippen molar-refractivity contribution < 1.29 is 22.4 Å². The first-order valence-corrected chi connectivity index (χ1v) is 13.0. The van der Waals surface area contributed by atoms with Crippen LogP contribution < -0.4 is 9.62 Å². The summed E-state index contributed by atoms with van der Waals surface area (Å²) in [7, 11) is -1.66. The summed E-state index contributed by atoms with van der Waals surface area (Å²) < 4.78 is 42.4. The Bertz CT molecular complexity index is 1140. The summed E-state index contributed by atoms with van der Waals surface area (Å²) in [4.78, 5) is 27.9. The molecule has 192 valence electrons. The summed E-state index contributed by atoms with van der Waals surface area (Å²) in [5.74, 6) is -1.85. The van der Waals surface area contributed by atoms with Gasteiger partial charge in [0.2, 0.25) is 11.8 Å². The Morgan fingerprint density at radius 3 is 2.20 bits per heavy atom. The molecule has 11 heteroatoms. The van der Waals surface area contributed by atoms with Crippen molar-refractivity contribution in [2.45, 2.75) is 45.8 Å². The van der Waals surface area contributed by atoms with Gasteiger partial charge in [-0.05, 0) is 44.0 Å². The van der Waals surface area contributed by atoms with Crippen molar-refractivity contribution in [3.63, 3.8) is 0 Å². The van der Waals surface area contributed by atoms with Crippen LogP contribution in [-0.4, -0.2) is 62.2 Å². The fraction of sp³-hybridized carbons (Fsp3) is 0.417. The molecule has 0 saturated carbocycles. The highest BCUT2D eigenvalue weighted by molar-refractivity contribution is 7.90. The SMILES string of the molecule is CC[C@H](C(=O)NC(C)C)N(Cc1ccccc1Cl)C(=O)CN(c1ccccc1F)S(=O)(=O)N(C)C. The second-order valence-electron chi connectivity index (χ2n) is 8.45. The van der Waals surface area contributed by atoms with Crippen LogP contribution >= 0.6 is 11.6 Å². The van der Waals surface area contributed by atoms with Gasteiger partial charge in [0.05, 0.1) is 5.69 Å². The Morgan fingerprint density at radius 2 is 1.66 bits per heavy atom. The molecule has 2 amide bonds. The zero-order chi connectivity index (χ0) is 26.3. The van der Waals surface area contributed by atoms with Gasteiger partial charge in [-0.3, -0.25) is 9.59 Å². The number of carbonyl (C=O) groups is 2. The Kier molecular flexibility index (Phi) is 10.1. The monoisotopic (exact) mass is 526 g/mol. The van der Waals surface area contributed by atoms with Gasteiger partial charge in [-0.25, -0.2) is 8.70 Å². The first kappa shape index (κ1) is 28.5. The van der Waals surface area contributed by atoms with Crippen molar-refractivity contribution >= 4 is 39.3 Å². The van der Waals surface area contributed by atoms with E-state index in [-0.39, 0.29) is 30.6 Å². The number of hydrogen-bond acceptors (Lipinski definition) is 4. The number of nitrogens with one attached hydrogen (secondary N) is 1. The van der Waals surface area contributed by atoms with E-state index in [2.05, 4.69) is 5.32 Å². The number of hydrogen-bond donors (Lipinski definition) is 1. The predicted octanol–water partition coefficient (Wildman–Crippen LogP) is 3.42. The standard InChI is InChI=1S/C24H32ClFN4O4S/c1-6-21(24(32)27-17(2)3)29(15-18-11-7-8-12-19(18)25)23(31)16-30(35(33,34)28(4)5)22-14-10-9-13-20(22)26/h7-14,17,21H,6,15-16H2,1-5H3,(H,27,32)/t21-/m1/s1. The van der Waals surface area contributed by atoms with Gasteiger partial charge in [0.15, 0.2) is 0 Å². The van der Waals surface area contributed by atoms with Crippen molar-refractivity contribution in [1.29, 1.82) is 0 Å². The van der Waals surface area contributed by atoms with Gasteiger partial charge >= 0.3 is 10.2 Å². The van der Waals surface area contributed by atoms with Crippen LogP contribution in [0.2, 0.25) is 5.02 Å². The van der Waals surface area contributed by atoms with Crippen LogP contribution in [0.4, 0.5) is 10.1 Å². The number of anilines is 1.